The van der Waals surface area contributed by atoms with Crippen LogP contribution < -0.4 is 4.90 Å². The Labute approximate surface area is 327 Å². The van der Waals surface area contributed by atoms with Crippen molar-refractivity contribution in [3.05, 3.63) is 162 Å². The number of fused-ring (bicyclic) bond motifs is 7. The molecule has 272 valence electrons. The Morgan fingerprint density at radius 3 is 2.00 bits per heavy atom. The first-order valence-electron chi connectivity index (χ1n) is 21.2. The van der Waals surface area contributed by atoms with Crippen molar-refractivity contribution in [3.63, 3.8) is 0 Å². The van der Waals surface area contributed by atoms with Gasteiger partial charge in [0.25, 0.3) is 0 Å². The fourth-order valence-electron chi connectivity index (χ4n) is 11.7. The smallest absolute Gasteiger partial charge is 0.0468 e. The maximum atomic E-state index is 2.53. The summed E-state index contributed by atoms with van der Waals surface area (Å²) in [4.78, 5) is 2.53. The highest BCUT2D eigenvalue weighted by molar-refractivity contribution is 6.00. The van der Waals surface area contributed by atoms with Crippen molar-refractivity contribution >= 4 is 38.6 Å². The van der Waals surface area contributed by atoms with Gasteiger partial charge in [0.15, 0.2) is 0 Å². The van der Waals surface area contributed by atoms with E-state index in [0.717, 1.165) is 17.8 Å². The third-order valence-corrected chi connectivity index (χ3v) is 14.5. The molecule has 3 fully saturated rings. The van der Waals surface area contributed by atoms with E-state index in [1.807, 2.05) is 0 Å². The van der Waals surface area contributed by atoms with Crippen molar-refractivity contribution in [2.45, 2.75) is 88.9 Å². The van der Waals surface area contributed by atoms with Gasteiger partial charge in [-0.3, -0.25) is 0 Å². The summed E-state index contributed by atoms with van der Waals surface area (Å²) in [5.74, 6) is 3.25. The zero-order valence-corrected chi connectivity index (χ0v) is 32.4. The molecule has 1 nitrogen and oxygen atoms in total. The SMILES string of the molecule is CC1(C)c2cc(N(c3ccc(C4CC5CCC4C5)cc3)c3ccc4ccc(C5CCCCC5)cc4c3)ccc2-c2cccc(-c3cccc4ccccc34)c21. The van der Waals surface area contributed by atoms with Gasteiger partial charge in [0.2, 0.25) is 0 Å². The normalized spacial score (nSPS) is 21.2. The van der Waals surface area contributed by atoms with Crippen molar-refractivity contribution < 1.29 is 0 Å². The molecule has 0 radical (unpaired) electrons. The molecule has 2 bridgehead atoms. The topological polar surface area (TPSA) is 3.24 Å². The first-order chi connectivity index (χ1) is 27.0. The summed E-state index contributed by atoms with van der Waals surface area (Å²) in [5.41, 5.74) is 14.8. The second-order valence-corrected chi connectivity index (χ2v) is 17.9. The molecule has 0 N–H and O–H groups in total. The largest absolute Gasteiger partial charge is 0.310 e. The molecular formula is C54H51N. The van der Waals surface area contributed by atoms with Crippen LogP contribution in [0.5, 0.6) is 0 Å². The van der Waals surface area contributed by atoms with Gasteiger partial charge in [-0.05, 0) is 158 Å². The van der Waals surface area contributed by atoms with E-state index < -0.39 is 0 Å². The summed E-state index contributed by atoms with van der Waals surface area (Å²) >= 11 is 0. The lowest BCUT2D eigenvalue weighted by atomic mass is 9.78. The minimum Gasteiger partial charge on any atom is -0.310 e. The maximum absolute atomic E-state index is 2.53. The Kier molecular flexibility index (Phi) is 7.84. The van der Waals surface area contributed by atoms with E-state index in [9.17, 15) is 0 Å². The van der Waals surface area contributed by atoms with Gasteiger partial charge in [-0.1, -0.05) is 143 Å². The number of hydrogen-bond acceptors (Lipinski definition) is 1. The third-order valence-electron chi connectivity index (χ3n) is 14.5. The molecule has 7 aromatic carbocycles. The van der Waals surface area contributed by atoms with E-state index in [1.165, 1.54) is 141 Å². The third kappa shape index (κ3) is 5.48. The standard InChI is InChI=1S/C54H51N/c1-54(2)52-34-45(28-29-48(52)50-17-9-16-49(53(50)54)47-15-8-13-38-12-6-7-14-46(38)47)55(43-25-23-39(24-26-43)51-31-35-18-19-41(51)30-35)44-27-22-37-20-21-40(32-42(37)33-44)36-10-4-3-5-11-36/h6-9,12-17,20-29,32-36,41,51H,3-5,10-11,18-19,30-31H2,1-2H3. The van der Waals surface area contributed by atoms with Crippen LogP contribution in [-0.4, -0.2) is 0 Å². The zero-order chi connectivity index (χ0) is 36.7. The van der Waals surface area contributed by atoms with Gasteiger partial charge >= 0.3 is 0 Å². The minimum atomic E-state index is -0.177. The molecule has 0 aliphatic heterocycles. The van der Waals surface area contributed by atoms with Crippen LogP contribution in [0.1, 0.15) is 106 Å². The predicted molar refractivity (Wildman–Crippen MR) is 233 cm³/mol. The lowest BCUT2D eigenvalue weighted by Crippen LogP contribution is -2.17. The van der Waals surface area contributed by atoms with Gasteiger partial charge in [-0.15, -0.1) is 0 Å². The molecule has 4 aliphatic carbocycles. The lowest BCUT2D eigenvalue weighted by molar-refractivity contribution is 0.420. The van der Waals surface area contributed by atoms with Crippen LogP contribution in [0.2, 0.25) is 0 Å². The number of benzene rings is 7. The number of rotatable bonds is 6. The highest BCUT2D eigenvalue weighted by Crippen LogP contribution is 2.55. The van der Waals surface area contributed by atoms with E-state index >= 15 is 0 Å². The Hall–Kier alpha value is -5.14. The molecule has 3 atom stereocenters. The summed E-state index contributed by atoms with van der Waals surface area (Å²) in [7, 11) is 0. The Balaban J connectivity index is 1.03. The summed E-state index contributed by atoms with van der Waals surface area (Å²) in [5, 5.41) is 5.27. The summed E-state index contributed by atoms with van der Waals surface area (Å²) in [6.45, 7) is 4.88. The van der Waals surface area contributed by atoms with E-state index in [-0.39, 0.29) is 5.41 Å². The molecule has 3 saturated carbocycles. The molecule has 0 heterocycles. The van der Waals surface area contributed by atoms with Crippen molar-refractivity contribution in [1.82, 2.24) is 0 Å². The van der Waals surface area contributed by atoms with Gasteiger partial charge in [0.05, 0.1) is 0 Å². The molecule has 0 amide bonds. The van der Waals surface area contributed by atoms with Gasteiger partial charge in [0, 0.05) is 22.5 Å². The molecule has 11 rings (SSSR count). The second kappa shape index (κ2) is 13.0. The summed E-state index contributed by atoms with van der Waals surface area (Å²) in [6, 6.07) is 54.0. The van der Waals surface area contributed by atoms with Crippen molar-refractivity contribution in [1.29, 1.82) is 0 Å². The fourth-order valence-corrected chi connectivity index (χ4v) is 11.7. The van der Waals surface area contributed by atoms with Gasteiger partial charge < -0.3 is 4.90 Å². The van der Waals surface area contributed by atoms with E-state index in [2.05, 4.69) is 158 Å². The second-order valence-electron chi connectivity index (χ2n) is 17.9. The number of anilines is 3. The molecule has 55 heavy (non-hydrogen) atoms. The van der Waals surface area contributed by atoms with Crippen LogP contribution in [0.15, 0.2) is 140 Å². The average Bonchev–Trinajstić information content (AvgIpc) is 3.94. The Morgan fingerprint density at radius 2 is 1.18 bits per heavy atom. The van der Waals surface area contributed by atoms with Crippen molar-refractivity contribution in [2.24, 2.45) is 11.8 Å². The molecular weight excluding hydrogens is 663 g/mol. The Morgan fingerprint density at radius 1 is 0.491 bits per heavy atom. The molecule has 1 heteroatoms. The average molecular weight is 714 g/mol. The van der Waals surface area contributed by atoms with Gasteiger partial charge in [-0.25, -0.2) is 0 Å². The van der Waals surface area contributed by atoms with Crippen LogP contribution in [0.3, 0.4) is 0 Å². The molecule has 0 spiro atoms. The zero-order valence-electron chi connectivity index (χ0n) is 32.4. The first-order valence-corrected chi connectivity index (χ1v) is 21.2. The van der Waals surface area contributed by atoms with E-state index in [0.29, 0.717) is 5.92 Å². The monoisotopic (exact) mass is 713 g/mol. The van der Waals surface area contributed by atoms with E-state index in [1.54, 1.807) is 0 Å². The quantitative estimate of drug-likeness (QED) is 0.166. The fraction of sp³-hybridized carbons (Fsp3) is 0.296. The highest BCUT2D eigenvalue weighted by atomic mass is 15.1. The van der Waals surface area contributed by atoms with Gasteiger partial charge in [0.1, 0.15) is 0 Å². The number of hydrogen-bond donors (Lipinski definition) is 0. The van der Waals surface area contributed by atoms with Crippen LogP contribution in [0.4, 0.5) is 17.1 Å². The molecule has 7 aromatic rings. The van der Waals surface area contributed by atoms with Crippen LogP contribution >= 0.6 is 0 Å². The predicted octanol–water partition coefficient (Wildman–Crippen LogP) is 15.4. The highest BCUT2D eigenvalue weighted by Gasteiger charge is 2.41. The minimum absolute atomic E-state index is 0.177. The summed E-state index contributed by atoms with van der Waals surface area (Å²) < 4.78 is 0. The summed E-state index contributed by atoms with van der Waals surface area (Å²) in [6.07, 6.45) is 12.4. The van der Waals surface area contributed by atoms with Crippen molar-refractivity contribution in [2.75, 3.05) is 4.90 Å². The van der Waals surface area contributed by atoms with Crippen molar-refractivity contribution in [3.8, 4) is 22.3 Å². The molecule has 4 aliphatic rings. The van der Waals surface area contributed by atoms with E-state index in [4.69, 9.17) is 0 Å². The Bertz CT molecular complexity index is 2580. The molecule has 0 aromatic heterocycles. The number of nitrogens with zero attached hydrogens (tertiary/aromatic N) is 1. The van der Waals surface area contributed by atoms with Crippen LogP contribution in [0, 0.1) is 11.8 Å². The van der Waals surface area contributed by atoms with Crippen LogP contribution in [-0.2, 0) is 5.41 Å². The maximum Gasteiger partial charge on any atom is 0.0468 e. The molecule has 3 unspecified atom stereocenters. The van der Waals surface area contributed by atoms with Gasteiger partial charge in [-0.2, -0.15) is 0 Å². The lowest BCUT2D eigenvalue weighted by Gasteiger charge is -2.29. The van der Waals surface area contributed by atoms with Crippen LogP contribution in [0.25, 0.3) is 43.8 Å². The molecule has 0 saturated heterocycles. The first kappa shape index (κ1) is 33.2.